The van der Waals surface area contributed by atoms with Crippen molar-refractivity contribution in [2.24, 2.45) is 0 Å². The molecule has 0 fully saturated rings. The first-order valence-corrected chi connectivity index (χ1v) is 8.40. The summed E-state index contributed by atoms with van der Waals surface area (Å²) in [7, 11) is 0. The van der Waals surface area contributed by atoms with Gasteiger partial charge in [-0.05, 0) is 19.9 Å². The number of ether oxygens (including phenoxy) is 1. The molecule has 0 saturated carbocycles. The summed E-state index contributed by atoms with van der Waals surface area (Å²) in [5.74, 6) is -2.72. The molecular formula is C14H11Cl2FN4O3S. The molecule has 0 atom stereocenters. The van der Waals surface area contributed by atoms with E-state index in [0.29, 0.717) is 10.1 Å². The highest BCUT2D eigenvalue weighted by molar-refractivity contribution is 7.15. The minimum atomic E-state index is -0.940. The van der Waals surface area contributed by atoms with Crippen molar-refractivity contribution in [1.82, 2.24) is 15.2 Å². The smallest absolute Gasteiger partial charge is 0.343 e. The molecule has 7 nitrogen and oxygen atoms in total. The van der Waals surface area contributed by atoms with Crippen LogP contribution in [-0.4, -0.2) is 33.5 Å². The number of pyridine rings is 1. The molecule has 0 aromatic carbocycles. The second-order valence-corrected chi connectivity index (χ2v) is 6.38. The van der Waals surface area contributed by atoms with Crippen molar-refractivity contribution >= 4 is 51.4 Å². The van der Waals surface area contributed by atoms with Crippen LogP contribution in [0.15, 0.2) is 17.8 Å². The summed E-state index contributed by atoms with van der Waals surface area (Å²) in [5, 5.41) is 10.5. The molecule has 132 valence electrons. The average Bonchev–Trinajstić information content (AvgIpc) is 2.96. The van der Waals surface area contributed by atoms with Crippen LogP contribution in [0, 0.1) is 12.7 Å². The molecular weight excluding hydrogens is 394 g/mol. The maximum Gasteiger partial charge on any atom is 0.343 e. The lowest BCUT2D eigenvalue weighted by Crippen LogP contribution is -2.18. The molecule has 2 aromatic heterocycles. The average molecular weight is 405 g/mol. The normalized spacial score (nSPS) is 11.3. The zero-order valence-corrected chi connectivity index (χ0v) is 15.3. The fraction of sp³-hybridized carbons (Fsp3) is 0.214. The van der Waals surface area contributed by atoms with E-state index in [1.807, 2.05) is 0 Å². The largest absolute Gasteiger partial charge is 0.462 e. The molecule has 0 radical (unpaired) electrons. The number of carbonyl (C=O) groups excluding carboxylic acids is 2. The van der Waals surface area contributed by atoms with Crippen molar-refractivity contribution in [3.63, 3.8) is 0 Å². The van der Waals surface area contributed by atoms with E-state index in [0.717, 1.165) is 12.3 Å². The van der Waals surface area contributed by atoms with Crippen molar-refractivity contribution in [1.29, 1.82) is 0 Å². The number of aryl methyl sites for hydroxylation is 1. The van der Waals surface area contributed by atoms with Crippen molar-refractivity contribution in [2.75, 3.05) is 11.9 Å². The SMILES string of the molecule is CCOC(=O)C(=CNc1nnc(C)s1)C(=O)c1cc(F)c(Cl)nc1Cl. The predicted octanol–water partition coefficient (Wildman–Crippen LogP) is 3.43. The zero-order valence-electron chi connectivity index (χ0n) is 13.0. The highest BCUT2D eigenvalue weighted by Crippen LogP contribution is 2.23. The molecule has 2 heterocycles. The quantitative estimate of drug-likeness (QED) is 0.197. The van der Waals surface area contributed by atoms with Crippen LogP contribution < -0.4 is 5.32 Å². The fourth-order valence-corrected chi connectivity index (χ4v) is 2.63. The van der Waals surface area contributed by atoms with E-state index < -0.39 is 28.3 Å². The lowest BCUT2D eigenvalue weighted by molar-refractivity contribution is -0.138. The Hall–Kier alpha value is -2.10. The molecule has 2 aromatic rings. The van der Waals surface area contributed by atoms with Gasteiger partial charge in [0.25, 0.3) is 0 Å². The number of halogens is 3. The first-order chi connectivity index (χ1) is 11.8. The van der Waals surface area contributed by atoms with Gasteiger partial charge < -0.3 is 10.1 Å². The Morgan fingerprint density at radius 1 is 1.36 bits per heavy atom. The van der Waals surface area contributed by atoms with Crippen LogP contribution in [0.3, 0.4) is 0 Å². The third-order valence-corrected chi connectivity index (χ3v) is 4.06. The second kappa shape index (κ2) is 8.32. The Bertz CT molecular complexity index is 857. The minimum absolute atomic E-state index is 0.0440. The van der Waals surface area contributed by atoms with Crippen LogP contribution >= 0.6 is 34.5 Å². The molecule has 0 aliphatic rings. The number of aromatic nitrogens is 3. The van der Waals surface area contributed by atoms with Crippen LogP contribution in [-0.2, 0) is 9.53 Å². The number of rotatable bonds is 6. The number of Topliss-reactive ketones (excluding diaryl/α,β-unsaturated/α-hetero) is 1. The van der Waals surface area contributed by atoms with Gasteiger partial charge in [0, 0.05) is 6.20 Å². The lowest BCUT2D eigenvalue weighted by Gasteiger charge is -2.08. The molecule has 0 unspecified atom stereocenters. The summed E-state index contributed by atoms with van der Waals surface area (Å²) >= 11 is 12.6. The minimum Gasteiger partial charge on any atom is -0.462 e. The van der Waals surface area contributed by atoms with Gasteiger partial charge in [0.05, 0.1) is 12.2 Å². The van der Waals surface area contributed by atoms with Crippen LogP contribution in [0.5, 0.6) is 0 Å². The van der Waals surface area contributed by atoms with Crippen molar-refractivity contribution in [2.45, 2.75) is 13.8 Å². The molecule has 0 aliphatic heterocycles. The number of hydrogen-bond acceptors (Lipinski definition) is 8. The van der Waals surface area contributed by atoms with Crippen LogP contribution in [0.1, 0.15) is 22.3 Å². The van der Waals surface area contributed by atoms with Gasteiger partial charge in [-0.3, -0.25) is 4.79 Å². The monoisotopic (exact) mass is 404 g/mol. The van der Waals surface area contributed by atoms with Gasteiger partial charge in [-0.15, -0.1) is 10.2 Å². The highest BCUT2D eigenvalue weighted by atomic mass is 35.5. The Balaban J connectivity index is 2.39. The van der Waals surface area contributed by atoms with Gasteiger partial charge in [0.2, 0.25) is 10.9 Å². The summed E-state index contributed by atoms with van der Waals surface area (Å²) in [5.41, 5.74) is -0.724. The van der Waals surface area contributed by atoms with Crippen molar-refractivity contribution in [3.8, 4) is 0 Å². The Labute approximate surface area is 155 Å². The number of anilines is 1. The molecule has 2 rings (SSSR count). The van der Waals surface area contributed by atoms with Crippen molar-refractivity contribution in [3.05, 3.63) is 44.5 Å². The first-order valence-electron chi connectivity index (χ1n) is 6.83. The molecule has 0 saturated heterocycles. The van der Waals surface area contributed by atoms with E-state index in [1.165, 1.54) is 11.3 Å². The number of hydrogen-bond donors (Lipinski definition) is 1. The zero-order chi connectivity index (χ0) is 18.6. The summed E-state index contributed by atoms with van der Waals surface area (Å²) in [6.07, 6.45) is 1.10. The predicted molar refractivity (Wildman–Crippen MR) is 91.5 cm³/mol. The summed E-state index contributed by atoms with van der Waals surface area (Å²) in [6.45, 7) is 3.37. The molecule has 25 heavy (non-hydrogen) atoms. The topological polar surface area (TPSA) is 94.1 Å². The van der Waals surface area contributed by atoms with Crippen molar-refractivity contribution < 1.29 is 18.7 Å². The van der Waals surface area contributed by atoms with E-state index in [9.17, 15) is 14.0 Å². The molecule has 0 bridgehead atoms. The highest BCUT2D eigenvalue weighted by Gasteiger charge is 2.25. The Kier molecular flexibility index (Phi) is 6.40. The van der Waals surface area contributed by atoms with Gasteiger partial charge >= 0.3 is 5.97 Å². The molecule has 1 N–H and O–H groups in total. The molecule has 11 heteroatoms. The van der Waals surface area contributed by atoms with Gasteiger partial charge in [-0.1, -0.05) is 34.5 Å². The van der Waals surface area contributed by atoms with E-state index in [4.69, 9.17) is 27.9 Å². The number of nitrogens with zero attached hydrogens (tertiary/aromatic N) is 3. The van der Waals surface area contributed by atoms with E-state index in [2.05, 4.69) is 20.5 Å². The Morgan fingerprint density at radius 2 is 2.08 bits per heavy atom. The van der Waals surface area contributed by atoms with Crippen LogP contribution in [0.25, 0.3) is 0 Å². The van der Waals surface area contributed by atoms with E-state index in [-0.39, 0.29) is 17.3 Å². The number of ketones is 1. The molecule has 0 aliphatic carbocycles. The van der Waals surface area contributed by atoms with Gasteiger partial charge in [0.1, 0.15) is 15.7 Å². The standard InChI is InChI=1S/C14H11Cl2FN4O3S/c1-3-24-13(23)8(5-18-14-21-20-6(2)25-14)10(22)7-4-9(17)12(16)19-11(7)15/h4-5H,3H2,1-2H3,(H,18,21). The maximum atomic E-state index is 13.6. The maximum absolute atomic E-state index is 13.6. The van der Waals surface area contributed by atoms with E-state index >= 15 is 0 Å². The van der Waals surface area contributed by atoms with Gasteiger partial charge in [-0.25, -0.2) is 14.2 Å². The third-order valence-electron chi connectivity index (χ3n) is 2.74. The summed E-state index contributed by atoms with van der Waals surface area (Å²) in [6, 6.07) is 0.808. The number of nitrogens with one attached hydrogen (secondary N) is 1. The van der Waals surface area contributed by atoms with Crippen LogP contribution in [0.2, 0.25) is 10.3 Å². The van der Waals surface area contributed by atoms with Gasteiger partial charge in [-0.2, -0.15) is 0 Å². The summed E-state index contributed by atoms with van der Waals surface area (Å²) < 4.78 is 18.5. The second-order valence-electron chi connectivity index (χ2n) is 4.48. The first kappa shape index (κ1) is 19.2. The molecule has 0 spiro atoms. The summed E-state index contributed by atoms with van der Waals surface area (Å²) in [4.78, 5) is 28.2. The lowest BCUT2D eigenvalue weighted by atomic mass is 10.1. The Morgan fingerprint density at radius 3 is 2.68 bits per heavy atom. The van der Waals surface area contributed by atoms with Gasteiger partial charge in [0.15, 0.2) is 11.0 Å². The fourth-order valence-electron chi connectivity index (χ4n) is 1.66. The van der Waals surface area contributed by atoms with E-state index in [1.54, 1.807) is 13.8 Å². The molecule has 0 amide bonds. The number of carbonyl (C=O) groups is 2. The third kappa shape index (κ3) is 4.71. The number of esters is 1. The van der Waals surface area contributed by atoms with Crippen LogP contribution in [0.4, 0.5) is 9.52 Å².